The molecule has 0 N–H and O–H groups in total. The van der Waals surface area contributed by atoms with E-state index in [1.54, 1.807) is 0 Å². The quantitative estimate of drug-likeness (QED) is 0.535. The first kappa shape index (κ1) is 12.9. The maximum Gasteiger partial charge on any atom is 0.161 e. The summed E-state index contributed by atoms with van der Waals surface area (Å²) in [4.78, 5) is 0. The van der Waals surface area contributed by atoms with Crippen molar-refractivity contribution < 1.29 is 9.47 Å². The topological polar surface area (TPSA) is 18.5 Å². The zero-order valence-corrected chi connectivity index (χ0v) is 10.3. The van der Waals surface area contributed by atoms with E-state index in [1.807, 2.05) is 24.3 Å². The summed E-state index contributed by atoms with van der Waals surface area (Å²) in [5.74, 6) is 1.92. The van der Waals surface area contributed by atoms with E-state index in [0.717, 1.165) is 23.5 Å². The van der Waals surface area contributed by atoms with Gasteiger partial charge in [0, 0.05) is 5.88 Å². The summed E-state index contributed by atoms with van der Waals surface area (Å²) in [5, 5.41) is 0. The smallest absolute Gasteiger partial charge is 0.161 e. The van der Waals surface area contributed by atoms with Gasteiger partial charge in [0.1, 0.15) is 6.61 Å². The molecule has 0 atom stereocenters. The van der Waals surface area contributed by atoms with E-state index in [-0.39, 0.29) is 0 Å². The van der Waals surface area contributed by atoms with Gasteiger partial charge in [-0.3, -0.25) is 0 Å². The number of alkyl halides is 1. The largest absolute Gasteiger partial charge is 0.490 e. The van der Waals surface area contributed by atoms with Gasteiger partial charge in [0.05, 0.1) is 6.61 Å². The number of para-hydroxylation sites is 2. The highest BCUT2D eigenvalue weighted by molar-refractivity contribution is 6.19. The highest BCUT2D eigenvalue weighted by Crippen LogP contribution is 2.26. The highest BCUT2D eigenvalue weighted by Gasteiger charge is 2.03. The number of halogens is 1. The Bertz CT molecular complexity index is 336. The zero-order chi connectivity index (χ0) is 11.8. The van der Waals surface area contributed by atoms with E-state index in [2.05, 4.69) is 13.5 Å². The van der Waals surface area contributed by atoms with E-state index >= 15 is 0 Å². The molecule has 0 aliphatic heterocycles. The van der Waals surface area contributed by atoms with Crippen LogP contribution in [0.4, 0.5) is 0 Å². The molecule has 1 aromatic rings. The second kappa shape index (κ2) is 7.18. The van der Waals surface area contributed by atoms with Crippen LogP contribution in [0.2, 0.25) is 0 Å². The first-order valence-electron chi connectivity index (χ1n) is 5.35. The van der Waals surface area contributed by atoms with E-state index < -0.39 is 0 Å². The molecule has 1 aromatic carbocycles. The highest BCUT2D eigenvalue weighted by atomic mass is 35.5. The van der Waals surface area contributed by atoms with Gasteiger partial charge in [-0.2, -0.15) is 0 Å². The van der Waals surface area contributed by atoms with E-state index in [4.69, 9.17) is 21.1 Å². The summed E-state index contributed by atoms with van der Waals surface area (Å²) in [5.41, 5.74) is 0.854. The average molecular weight is 241 g/mol. The van der Waals surface area contributed by atoms with Crippen LogP contribution in [0.15, 0.2) is 36.4 Å². The number of benzene rings is 1. The van der Waals surface area contributed by atoms with Gasteiger partial charge < -0.3 is 9.47 Å². The number of rotatable bonds is 7. The summed E-state index contributed by atoms with van der Waals surface area (Å²) in [6.45, 7) is 6.97. The Labute approximate surface area is 102 Å². The van der Waals surface area contributed by atoms with Crippen molar-refractivity contribution in [3.8, 4) is 11.5 Å². The third-order valence-corrected chi connectivity index (χ3v) is 2.31. The van der Waals surface area contributed by atoms with Crippen LogP contribution in [0.5, 0.6) is 11.5 Å². The maximum absolute atomic E-state index is 5.63. The van der Waals surface area contributed by atoms with E-state index in [1.165, 1.54) is 0 Å². The SMILES string of the molecule is C=C(CCl)COc1ccccc1OCCC. The molecule has 88 valence electrons. The molecule has 0 unspecified atom stereocenters. The van der Waals surface area contributed by atoms with Gasteiger partial charge in [0.15, 0.2) is 11.5 Å². The van der Waals surface area contributed by atoms with Crippen molar-refractivity contribution in [2.24, 2.45) is 0 Å². The first-order chi connectivity index (χ1) is 7.77. The van der Waals surface area contributed by atoms with Crippen LogP contribution in [-0.2, 0) is 0 Å². The second-order valence-electron chi connectivity index (χ2n) is 3.47. The molecular weight excluding hydrogens is 224 g/mol. The van der Waals surface area contributed by atoms with Crippen LogP contribution < -0.4 is 9.47 Å². The fourth-order valence-electron chi connectivity index (χ4n) is 1.12. The molecule has 0 saturated heterocycles. The predicted molar refractivity (Wildman–Crippen MR) is 67.6 cm³/mol. The molecule has 0 amide bonds. The Morgan fingerprint density at radius 1 is 1.25 bits per heavy atom. The van der Waals surface area contributed by atoms with Gasteiger partial charge in [0.2, 0.25) is 0 Å². The first-order valence-corrected chi connectivity index (χ1v) is 5.88. The van der Waals surface area contributed by atoms with Crippen molar-refractivity contribution >= 4 is 11.6 Å². The molecule has 3 heteroatoms. The molecule has 0 heterocycles. The Kier molecular flexibility index (Phi) is 5.79. The molecule has 0 radical (unpaired) electrons. The summed E-state index contributed by atoms with van der Waals surface area (Å²) in [6.07, 6.45) is 0.975. The van der Waals surface area contributed by atoms with Crippen molar-refractivity contribution in [2.75, 3.05) is 19.1 Å². The van der Waals surface area contributed by atoms with Gasteiger partial charge in [-0.25, -0.2) is 0 Å². The Morgan fingerprint density at radius 3 is 2.44 bits per heavy atom. The van der Waals surface area contributed by atoms with Gasteiger partial charge in [-0.05, 0) is 24.1 Å². The average Bonchev–Trinajstić information content (AvgIpc) is 2.34. The molecule has 0 aliphatic carbocycles. The van der Waals surface area contributed by atoms with Crippen LogP contribution in [0.1, 0.15) is 13.3 Å². The lowest BCUT2D eigenvalue weighted by molar-refractivity contribution is 0.281. The molecule has 16 heavy (non-hydrogen) atoms. The molecule has 0 aromatic heterocycles. The van der Waals surface area contributed by atoms with Gasteiger partial charge >= 0.3 is 0 Å². The molecule has 0 saturated carbocycles. The number of hydrogen-bond acceptors (Lipinski definition) is 2. The fourth-order valence-corrected chi connectivity index (χ4v) is 1.20. The van der Waals surface area contributed by atoms with Crippen LogP contribution in [-0.4, -0.2) is 19.1 Å². The Hall–Kier alpha value is -1.15. The van der Waals surface area contributed by atoms with E-state index in [9.17, 15) is 0 Å². The van der Waals surface area contributed by atoms with Gasteiger partial charge in [-0.15, -0.1) is 11.6 Å². The number of ether oxygens (including phenoxy) is 2. The molecule has 0 bridgehead atoms. The van der Waals surface area contributed by atoms with Crippen molar-refractivity contribution in [2.45, 2.75) is 13.3 Å². The maximum atomic E-state index is 5.63. The predicted octanol–water partition coefficient (Wildman–Crippen LogP) is 3.65. The molecule has 0 aliphatic rings. The zero-order valence-electron chi connectivity index (χ0n) is 9.54. The van der Waals surface area contributed by atoms with Crippen molar-refractivity contribution in [3.63, 3.8) is 0 Å². The fraction of sp³-hybridized carbons (Fsp3) is 0.385. The van der Waals surface area contributed by atoms with Crippen LogP contribution >= 0.6 is 11.6 Å². The normalized spacial score (nSPS) is 9.88. The van der Waals surface area contributed by atoms with Gasteiger partial charge in [0.25, 0.3) is 0 Å². The lowest BCUT2D eigenvalue weighted by Gasteiger charge is -2.12. The lowest BCUT2D eigenvalue weighted by Crippen LogP contribution is -2.04. The van der Waals surface area contributed by atoms with E-state index in [0.29, 0.717) is 19.1 Å². The summed E-state index contributed by atoms with van der Waals surface area (Å²) >= 11 is 5.63. The Morgan fingerprint density at radius 2 is 1.88 bits per heavy atom. The van der Waals surface area contributed by atoms with Crippen LogP contribution in [0.25, 0.3) is 0 Å². The molecule has 0 spiro atoms. The summed E-state index contributed by atoms with van der Waals surface area (Å²) < 4.78 is 11.1. The van der Waals surface area contributed by atoms with Gasteiger partial charge in [-0.1, -0.05) is 25.6 Å². The minimum atomic E-state index is 0.415. The van der Waals surface area contributed by atoms with Crippen LogP contribution in [0.3, 0.4) is 0 Å². The van der Waals surface area contributed by atoms with Crippen molar-refractivity contribution in [1.29, 1.82) is 0 Å². The monoisotopic (exact) mass is 240 g/mol. The van der Waals surface area contributed by atoms with Crippen molar-refractivity contribution in [3.05, 3.63) is 36.4 Å². The second-order valence-corrected chi connectivity index (χ2v) is 3.73. The Balaban J connectivity index is 2.59. The molecular formula is C13H17ClO2. The molecule has 0 fully saturated rings. The minimum Gasteiger partial charge on any atom is -0.490 e. The third kappa shape index (κ3) is 4.15. The molecule has 2 nitrogen and oxygen atoms in total. The molecule has 1 rings (SSSR count). The van der Waals surface area contributed by atoms with Crippen molar-refractivity contribution in [1.82, 2.24) is 0 Å². The lowest BCUT2D eigenvalue weighted by atomic mass is 10.3. The third-order valence-electron chi connectivity index (χ3n) is 1.93. The van der Waals surface area contributed by atoms with Crippen LogP contribution in [0, 0.1) is 0 Å². The number of hydrogen-bond donors (Lipinski definition) is 0. The standard InChI is InChI=1S/C13H17ClO2/c1-3-8-15-12-6-4-5-7-13(12)16-10-11(2)9-14/h4-7H,2-3,8-10H2,1H3. The summed E-state index contributed by atoms with van der Waals surface area (Å²) in [7, 11) is 0. The minimum absolute atomic E-state index is 0.415. The summed E-state index contributed by atoms with van der Waals surface area (Å²) in [6, 6.07) is 7.62.